The van der Waals surface area contributed by atoms with Crippen LogP contribution in [0.25, 0.3) is 0 Å². The lowest BCUT2D eigenvalue weighted by atomic mass is 10.2. The van der Waals surface area contributed by atoms with E-state index in [1.807, 2.05) is 18.5 Å². The Morgan fingerprint density at radius 3 is 2.72 bits per heavy atom. The quantitative estimate of drug-likeness (QED) is 0.703. The van der Waals surface area contributed by atoms with E-state index in [1.165, 1.54) is 5.56 Å². The Morgan fingerprint density at radius 2 is 2.11 bits per heavy atom. The second-order valence-corrected chi connectivity index (χ2v) is 4.53. The molecule has 0 amide bonds. The fourth-order valence-electron chi connectivity index (χ4n) is 1.99. The van der Waals surface area contributed by atoms with E-state index in [2.05, 4.69) is 24.0 Å². The first-order valence-electron chi connectivity index (χ1n) is 6.50. The topological polar surface area (TPSA) is 50.5 Å². The van der Waals surface area contributed by atoms with Gasteiger partial charge in [0.15, 0.2) is 0 Å². The summed E-state index contributed by atoms with van der Waals surface area (Å²) in [6.07, 6.45) is 0. The fourth-order valence-corrected chi connectivity index (χ4v) is 1.99. The van der Waals surface area contributed by atoms with Gasteiger partial charge in [0.05, 0.1) is 25.5 Å². The summed E-state index contributed by atoms with van der Waals surface area (Å²) in [5, 5.41) is 13.4. The molecular weight excluding hydrogens is 230 g/mol. The third-order valence-electron chi connectivity index (χ3n) is 3.09. The van der Waals surface area contributed by atoms with Gasteiger partial charge < -0.3 is 9.84 Å². The summed E-state index contributed by atoms with van der Waals surface area (Å²) in [6, 6.07) is 0. The largest absolute Gasteiger partial charge is 0.394 e. The molecule has 0 spiro atoms. The van der Waals surface area contributed by atoms with Crippen LogP contribution in [0, 0.1) is 13.8 Å². The molecule has 0 fully saturated rings. The van der Waals surface area contributed by atoms with Gasteiger partial charge in [-0.1, -0.05) is 0 Å². The standard InChI is InChI=1S/C13H25N3O2/c1-5-18-9-7-15(4)10-13-11(2)14-16(6-8-17)12(13)3/h17H,5-10H2,1-4H3. The maximum Gasteiger partial charge on any atom is 0.0644 e. The molecule has 5 heteroatoms. The molecule has 0 atom stereocenters. The van der Waals surface area contributed by atoms with Crippen molar-refractivity contribution in [2.75, 3.05) is 33.4 Å². The van der Waals surface area contributed by atoms with Crippen LogP contribution in [0.4, 0.5) is 0 Å². The average Bonchev–Trinajstić information content (AvgIpc) is 2.58. The minimum absolute atomic E-state index is 0.127. The van der Waals surface area contributed by atoms with E-state index in [-0.39, 0.29) is 6.61 Å². The van der Waals surface area contributed by atoms with E-state index < -0.39 is 0 Å². The van der Waals surface area contributed by atoms with Crippen molar-refractivity contribution >= 4 is 0 Å². The van der Waals surface area contributed by atoms with Gasteiger partial charge in [-0.25, -0.2) is 0 Å². The molecule has 0 aliphatic rings. The van der Waals surface area contributed by atoms with Gasteiger partial charge in [0, 0.05) is 31.0 Å². The number of hydrogen-bond acceptors (Lipinski definition) is 4. The van der Waals surface area contributed by atoms with E-state index in [0.29, 0.717) is 6.54 Å². The van der Waals surface area contributed by atoms with Crippen molar-refractivity contribution in [3.63, 3.8) is 0 Å². The summed E-state index contributed by atoms with van der Waals surface area (Å²) >= 11 is 0. The molecule has 0 aromatic carbocycles. The van der Waals surface area contributed by atoms with E-state index in [0.717, 1.165) is 37.7 Å². The predicted molar refractivity (Wildman–Crippen MR) is 71.6 cm³/mol. The number of likely N-dealkylation sites (N-methyl/N-ethyl adjacent to an activating group) is 1. The van der Waals surface area contributed by atoms with Crippen LogP contribution in [0.3, 0.4) is 0 Å². The van der Waals surface area contributed by atoms with Crippen LogP contribution in [0.15, 0.2) is 0 Å². The van der Waals surface area contributed by atoms with Gasteiger partial charge in [-0.3, -0.25) is 9.58 Å². The second-order valence-electron chi connectivity index (χ2n) is 4.53. The molecule has 0 saturated heterocycles. The summed E-state index contributed by atoms with van der Waals surface area (Å²) in [5.41, 5.74) is 3.44. The molecule has 1 rings (SSSR count). The summed E-state index contributed by atoms with van der Waals surface area (Å²) < 4.78 is 7.23. The van der Waals surface area contributed by atoms with Crippen LogP contribution >= 0.6 is 0 Å². The summed E-state index contributed by atoms with van der Waals surface area (Å²) in [7, 11) is 2.08. The van der Waals surface area contributed by atoms with Crippen molar-refractivity contribution in [1.29, 1.82) is 0 Å². The van der Waals surface area contributed by atoms with Gasteiger partial charge in [-0.2, -0.15) is 5.10 Å². The van der Waals surface area contributed by atoms with Gasteiger partial charge in [0.2, 0.25) is 0 Å². The van der Waals surface area contributed by atoms with Crippen molar-refractivity contribution < 1.29 is 9.84 Å². The lowest BCUT2D eigenvalue weighted by Gasteiger charge is -2.16. The highest BCUT2D eigenvalue weighted by Crippen LogP contribution is 2.14. The smallest absolute Gasteiger partial charge is 0.0644 e. The van der Waals surface area contributed by atoms with E-state index >= 15 is 0 Å². The first-order valence-corrected chi connectivity index (χ1v) is 6.50. The van der Waals surface area contributed by atoms with Gasteiger partial charge in [-0.15, -0.1) is 0 Å². The molecule has 1 N–H and O–H groups in total. The number of ether oxygens (including phenoxy) is 1. The molecule has 1 heterocycles. The molecule has 0 aliphatic heterocycles. The Morgan fingerprint density at radius 1 is 1.39 bits per heavy atom. The summed E-state index contributed by atoms with van der Waals surface area (Å²) in [5.74, 6) is 0. The molecule has 0 aliphatic carbocycles. The highest BCUT2D eigenvalue weighted by Gasteiger charge is 2.12. The molecule has 18 heavy (non-hydrogen) atoms. The van der Waals surface area contributed by atoms with Gasteiger partial charge >= 0.3 is 0 Å². The Hall–Kier alpha value is -0.910. The molecule has 104 valence electrons. The third-order valence-corrected chi connectivity index (χ3v) is 3.09. The number of aryl methyl sites for hydroxylation is 1. The molecule has 0 saturated carbocycles. The van der Waals surface area contributed by atoms with Crippen LogP contribution in [-0.2, 0) is 17.8 Å². The maximum absolute atomic E-state index is 8.98. The molecular formula is C13H25N3O2. The Balaban J connectivity index is 2.60. The first kappa shape index (κ1) is 15.1. The molecule has 0 bridgehead atoms. The molecule has 0 unspecified atom stereocenters. The lowest BCUT2D eigenvalue weighted by molar-refractivity contribution is 0.120. The predicted octanol–water partition coefficient (Wildman–Crippen LogP) is 0.961. The van der Waals surface area contributed by atoms with Gasteiger partial charge in [-0.05, 0) is 27.8 Å². The van der Waals surface area contributed by atoms with E-state index in [9.17, 15) is 0 Å². The number of nitrogens with zero attached hydrogens (tertiary/aromatic N) is 3. The van der Waals surface area contributed by atoms with E-state index in [4.69, 9.17) is 9.84 Å². The van der Waals surface area contributed by atoms with Crippen LogP contribution in [-0.4, -0.2) is 53.2 Å². The Kier molecular flexibility index (Phi) is 6.32. The zero-order chi connectivity index (χ0) is 13.5. The highest BCUT2D eigenvalue weighted by molar-refractivity contribution is 5.24. The number of hydrogen-bond donors (Lipinski definition) is 1. The minimum atomic E-state index is 0.127. The number of aliphatic hydroxyl groups excluding tert-OH is 1. The van der Waals surface area contributed by atoms with Gasteiger partial charge in [0.1, 0.15) is 0 Å². The monoisotopic (exact) mass is 255 g/mol. The Labute approximate surface area is 109 Å². The number of rotatable bonds is 8. The van der Waals surface area contributed by atoms with Crippen molar-refractivity contribution in [3.05, 3.63) is 17.0 Å². The fraction of sp³-hybridized carbons (Fsp3) is 0.769. The molecule has 1 aromatic heterocycles. The zero-order valence-corrected chi connectivity index (χ0v) is 11.9. The van der Waals surface area contributed by atoms with Crippen molar-refractivity contribution in [1.82, 2.24) is 14.7 Å². The lowest BCUT2D eigenvalue weighted by Crippen LogP contribution is -2.23. The minimum Gasteiger partial charge on any atom is -0.394 e. The van der Waals surface area contributed by atoms with Crippen LogP contribution in [0.5, 0.6) is 0 Å². The first-order chi connectivity index (χ1) is 8.60. The normalized spacial score (nSPS) is 11.4. The van der Waals surface area contributed by atoms with Gasteiger partial charge in [0.25, 0.3) is 0 Å². The van der Waals surface area contributed by atoms with Crippen molar-refractivity contribution in [2.24, 2.45) is 0 Å². The van der Waals surface area contributed by atoms with Crippen LogP contribution in [0.2, 0.25) is 0 Å². The summed E-state index contributed by atoms with van der Waals surface area (Å²) in [4.78, 5) is 2.23. The third kappa shape index (κ3) is 4.08. The summed E-state index contributed by atoms with van der Waals surface area (Å²) in [6.45, 7) is 10.1. The van der Waals surface area contributed by atoms with Crippen LogP contribution < -0.4 is 0 Å². The molecule has 0 radical (unpaired) electrons. The van der Waals surface area contributed by atoms with Crippen LogP contribution in [0.1, 0.15) is 23.9 Å². The zero-order valence-electron chi connectivity index (χ0n) is 11.9. The highest BCUT2D eigenvalue weighted by atomic mass is 16.5. The van der Waals surface area contributed by atoms with Crippen molar-refractivity contribution in [3.8, 4) is 0 Å². The number of aliphatic hydroxyl groups is 1. The molecule has 5 nitrogen and oxygen atoms in total. The Bertz CT molecular complexity index is 363. The second kappa shape index (κ2) is 7.51. The number of aromatic nitrogens is 2. The average molecular weight is 255 g/mol. The van der Waals surface area contributed by atoms with Crippen molar-refractivity contribution in [2.45, 2.75) is 33.9 Å². The molecule has 1 aromatic rings. The van der Waals surface area contributed by atoms with E-state index in [1.54, 1.807) is 0 Å². The maximum atomic E-state index is 8.98. The SMILES string of the molecule is CCOCCN(C)Cc1c(C)nn(CCO)c1C.